The lowest BCUT2D eigenvalue weighted by Gasteiger charge is -2.23. The van der Waals surface area contributed by atoms with Crippen molar-refractivity contribution in [2.24, 2.45) is 4.99 Å². The van der Waals surface area contributed by atoms with E-state index in [0.717, 1.165) is 13.0 Å². The van der Waals surface area contributed by atoms with Gasteiger partial charge in [-0.25, -0.2) is 4.90 Å². The van der Waals surface area contributed by atoms with Gasteiger partial charge in [-0.15, -0.1) is 0 Å². The van der Waals surface area contributed by atoms with E-state index < -0.39 is 6.23 Å². The number of aliphatic imine (C=N–C) groups is 1. The average molecular weight is 309 g/mol. The summed E-state index contributed by atoms with van der Waals surface area (Å²) in [6.45, 7) is 4.83. The van der Waals surface area contributed by atoms with E-state index in [0.29, 0.717) is 0 Å². The van der Waals surface area contributed by atoms with Crippen molar-refractivity contribution in [2.45, 2.75) is 96.9 Å². The van der Waals surface area contributed by atoms with Crippen molar-refractivity contribution < 1.29 is 5.11 Å². The van der Waals surface area contributed by atoms with Crippen molar-refractivity contribution >= 4 is 6.21 Å². The molecule has 22 heavy (non-hydrogen) atoms. The molecule has 0 aromatic rings. The highest BCUT2D eigenvalue weighted by molar-refractivity contribution is 5.62. The van der Waals surface area contributed by atoms with Gasteiger partial charge in [0.1, 0.15) is 12.4 Å². The van der Waals surface area contributed by atoms with Gasteiger partial charge >= 0.3 is 0 Å². The molecule has 0 bridgehead atoms. The zero-order valence-corrected chi connectivity index (χ0v) is 14.7. The quantitative estimate of drug-likeness (QED) is 0.388. The summed E-state index contributed by atoms with van der Waals surface area (Å²) >= 11 is 0. The van der Waals surface area contributed by atoms with Gasteiger partial charge in [-0.05, 0) is 25.8 Å². The fourth-order valence-corrected chi connectivity index (χ4v) is 2.94. The van der Waals surface area contributed by atoms with E-state index in [9.17, 15) is 5.11 Å². The molecule has 128 valence electrons. The number of aliphatic hydroxyl groups excluding tert-OH is 1. The van der Waals surface area contributed by atoms with Crippen molar-refractivity contribution in [3.05, 3.63) is 12.2 Å². The summed E-state index contributed by atoms with van der Waals surface area (Å²) in [5, 5.41) is 9.63. The predicted octanol–water partition coefficient (Wildman–Crippen LogP) is 4.90. The molecule has 1 aliphatic rings. The topological polar surface area (TPSA) is 35.8 Å². The molecule has 0 saturated carbocycles. The maximum absolute atomic E-state index is 9.63. The van der Waals surface area contributed by atoms with Crippen LogP contribution in [0.4, 0.5) is 0 Å². The van der Waals surface area contributed by atoms with E-state index in [1.54, 1.807) is 6.92 Å². The van der Waals surface area contributed by atoms with Crippen LogP contribution in [0.25, 0.3) is 0 Å². The molecule has 2 atom stereocenters. The van der Waals surface area contributed by atoms with Crippen LogP contribution in [-0.2, 0) is 0 Å². The Hall–Kier alpha value is -0.670. The van der Waals surface area contributed by atoms with Gasteiger partial charge in [0.15, 0.2) is 0 Å². The molecule has 1 heterocycles. The maximum Gasteiger partial charge on any atom is 0.122 e. The van der Waals surface area contributed by atoms with Crippen LogP contribution in [0.5, 0.6) is 0 Å². The minimum Gasteiger partial charge on any atom is -0.379 e. The molecular weight excluding hydrogens is 272 g/mol. The van der Waals surface area contributed by atoms with E-state index in [1.165, 1.54) is 64.2 Å². The van der Waals surface area contributed by atoms with E-state index in [4.69, 9.17) is 0 Å². The van der Waals surface area contributed by atoms with Crippen molar-refractivity contribution in [3.63, 3.8) is 0 Å². The normalized spacial score (nSPS) is 20.2. The van der Waals surface area contributed by atoms with E-state index in [2.05, 4.69) is 24.1 Å². The molecule has 3 nitrogen and oxygen atoms in total. The highest BCUT2D eigenvalue weighted by Crippen LogP contribution is 2.13. The first-order chi connectivity index (χ1) is 10.8. The molecule has 0 radical (unpaired) electrons. The second-order valence-electron chi connectivity index (χ2n) is 6.47. The summed E-state index contributed by atoms with van der Waals surface area (Å²) < 4.78 is 0. The average Bonchev–Trinajstić information content (AvgIpc) is 2.97. The summed E-state index contributed by atoms with van der Waals surface area (Å²) in [7, 11) is 0. The van der Waals surface area contributed by atoms with Crippen molar-refractivity contribution in [3.8, 4) is 0 Å². The Morgan fingerprint density at radius 1 is 1.09 bits per heavy atom. The smallest absolute Gasteiger partial charge is 0.122 e. The zero-order valence-electron chi connectivity index (χ0n) is 14.7. The van der Waals surface area contributed by atoms with E-state index in [1.807, 2.05) is 11.1 Å². The van der Waals surface area contributed by atoms with Gasteiger partial charge in [-0.1, -0.05) is 70.8 Å². The number of aliphatic hydroxyl groups is 1. The van der Waals surface area contributed by atoms with Gasteiger partial charge < -0.3 is 5.11 Å². The van der Waals surface area contributed by atoms with Crippen LogP contribution in [0.1, 0.15) is 84.5 Å². The Balaban J connectivity index is 1.91. The maximum atomic E-state index is 9.63. The number of unbranched alkanes of at least 4 members (excludes halogenated alkanes) is 10. The highest BCUT2D eigenvalue weighted by Gasteiger charge is 2.21. The molecule has 0 spiro atoms. The van der Waals surface area contributed by atoms with Crippen molar-refractivity contribution in [1.29, 1.82) is 0 Å². The van der Waals surface area contributed by atoms with Crippen LogP contribution in [0.2, 0.25) is 0 Å². The van der Waals surface area contributed by atoms with Crippen LogP contribution >= 0.6 is 0 Å². The second-order valence-corrected chi connectivity index (χ2v) is 6.47. The lowest BCUT2D eigenvalue weighted by Crippen LogP contribution is -2.36. The Kier molecular flexibility index (Phi) is 11.3. The van der Waals surface area contributed by atoms with Crippen LogP contribution in [-0.4, -0.2) is 35.2 Å². The number of rotatable bonds is 13. The molecule has 0 saturated heterocycles. The summed E-state index contributed by atoms with van der Waals surface area (Å²) in [6.07, 6.45) is 20.8. The van der Waals surface area contributed by atoms with Crippen LogP contribution < -0.4 is 0 Å². The van der Waals surface area contributed by atoms with Gasteiger partial charge in [0.25, 0.3) is 0 Å². The lowest BCUT2D eigenvalue weighted by atomic mass is 10.1. The predicted molar refractivity (Wildman–Crippen MR) is 96.3 cm³/mol. The molecule has 0 fully saturated rings. The second kappa shape index (κ2) is 12.8. The number of allylic oxidation sites excluding steroid dienone is 1. The van der Waals surface area contributed by atoms with Crippen molar-refractivity contribution in [2.75, 3.05) is 6.54 Å². The third-order valence-electron chi connectivity index (χ3n) is 4.40. The van der Waals surface area contributed by atoms with Crippen LogP contribution in [0.3, 0.4) is 0 Å². The summed E-state index contributed by atoms with van der Waals surface area (Å²) in [5.41, 5.74) is 0. The molecule has 0 aromatic heterocycles. The minimum atomic E-state index is -0.422. The van der Waals surface area contributed by atoms with E-state index >= 15 is 0 Å². The molecule has 1 rings (SSSR count). The first-order valence-electron chi connectivity index (χ1n) is 9.37. The summed E-state index contributed by atoms with van der Waals surface area (Å²) in [4.78, 5) is 6.36. The Morgan fingerprint density at radius 3 is 2.27 bits per heavy atom. The van der Waals surface area contributed by atoms with Gasteiger partial charge in [0.2, 0.25) is 0 Å². The third-order valence-corrected chi connectivity index (χ3v) is 4.40. The molecule has 0 aliphatic carbocycles. The Labute approximate surface area is 137 Å². The zero-order chi connectivity index (χ0) is 16.0. The number of hydrogen-bond acceptors (Lipinski definition) is 3. The molecule has 1 aliphatic heterocycles. The van der Waals surface area contributed by atoms with Crippen LogP contribution in [0, 0.1) is 0 Å². The Morgan fingerprint density at radius 2 is 1.68 bits per heavy atom. The van der Waals surface area contributed by atoms with Crippen LogP contribution in [0.15, 0.2) is 17.1 Å². The van der Waals surface area contributed by atoms with Gasteiger partial charge in [-0.3, -0.25) is 4.99 Å². The first-order valence-corrected chi connectivity index (χ1v) is 9.37. The molecule has 0 aromatic carbocycles. The van der Waals surface area contributed by atoms with Gasteiger partial charge in [-0.2, -0.15) is 0 Å². The monoisotopic (exact) mass is 308 g/mol. The first kappa shape index (κ1) is 19.4. The standard InChI is InChI=1S/C19H36N2O/c1-3-4-5-6-7-8-9-10-11-12-13-14-15-19-20-16-17-21(19)18(2)22/h14-16,18-19,22H,3-13,17H2,1-2H3/b15-14+. The lowest BCUT2D eigenvalue weighted by molar-refractivity contribution is 0.0214. The summed E-state index contributed by atoms with van der Waals surface area (Å²) in [5.74, 6) is 0. The minimum absolute atomic E-state index is 0.0446. The molecule has 1 N–H and O–H groups in total. The van der Waals surface area contributed by atoms with Gasteiger partial charge in [0, 0.05) is 12.8 Å². The summed E-state index contributed by atoms with van der Waals surface area (Å²) in [6, 6.07) is 0. The molecular formula is C19H36N2O. The third kappa shape index (κ3) is 8.70. The fraction of sp³-hybridized carbons (Fsp3) is 0.842. The Bertz CT molecular complexity index is 313. The molecule has 3 heteroatoms. The van der Waals surface area contributed by atoms with Gasteiger partial charge in [0.05, 0.1) is 0 Å². The number of hydrogen-bond donors (Lipinski definition) is 1. The highest BCUT2D eigenvalue weighted by atomic mass is 16.3. The molecule has 2 unspecified atom stereocenters. The fourth-order valence-electron chi connectivity index (χ4n) is 2.94. The largest absolute Gasteiger partial charge is 0.379 e. The molecule has 0 amide bonds. The van der Waals surface area contributed by atoms with Crippen molar-refractivity contribution in [1.82, 2.24) is 4.90 Å². The SMILES string of the molecule is CCCCCCCCCCCC/C=C/C1N=CCN1C(C)O. The van der Waals surface area contributed by atoms with E-state index in [-0.39, 0.29) is 6.17 Å². The number of nitrogens with zero attached hydrogens (tertiary/aromatic N) is 2.